The lowest BCUT2D eigenvalue weighted by Crippen LogP contribution is -2.29. The van der Waals surface area contributed by atoms with Crippen LogP contribution in [0.2, 0.25) is 0 Å². The van der Waals surface area contributed by atoms with Crippen molar-refractivity contribution in [2.75, 3.05) is 18.1 Å². The summed E-state index contributed by atoms with van der Waals surface area (Å²) in [6, 6.07) is 8.10. The van der Waals surface area contributed by atoms with Crippen molar-refractivity contribution < 1.29 is 23.1 Å². The summed E-state index contributed by atoms with van der Waals surface area (Å²) < 4.78 is 31.6. The second kappa shape index (κ2) is 9.69. The Balaban J connectivity index is 1.74. The molecular formula is C26H24FN3O5S. The van der Waals surface area contributed by atoms with Crippen LogP contribution in [-0.2, 0) is 6.42 Å². The minimum absolute atomic E-state index is 0.0628. The van der Waals surface area contributed by atoms with Gasteiger partial charge >= 0.3 is 0 Å². The van der Waals surface area contributed by atoms with Gasteiger partial charge in [0.05, 0.1) is 30.2 Å². The maximum absolute atomic E-state index is 14.0. The minimum Gasteiger partial charge on any atom is -0.490 e. The van der Waals surface area contributed by atoms with E-state index in [1.807, 2.05) is 20.8 Å². The fourth-order valence-electron chi connectivity index (χ4n) is 4.24. The van der Waals surface area contributed by atoms with E-state index < -0.39 is 23.2 Å². The van der Waals surface area contributed by atoms with Crippen molar-refractivity contribution in [3.63, 3.8) is 0 Å². The van der Waals surface area contributed by atoms with Gasteiger partial charge in [0.25, 0.3) is 5.91 Å². The highest BCUT2D eigenvalue weighted by Gasteiger charge is 2.45. The molecule has 1 aliphatic rings. The number of anilines is 1. The molecule has 0 saturated carbocycles. The van der Waals surface area contributed by atoms with Gasteiger partial charge in [0.1, 0.15) is 16.4 Å². The largest absolute Gasteiger partial charge is 0.490 e. The van der Waals surface area contributed by atoms with Crippen LogP contribution in [0.5, 0.6) is 11.5 Å². The van der Waals surface area contributed by atoms with E-state index in [0.29, 0.717) is 41.8 Å². The van der Waals surface area contributed by atoms with E-state index in [9.17, 15) is 14.0 Å². The molecule has 1 unspecified atom stereocenters. The Morgan fingerprint density at radius 3 is 2.61 bits per heavy atom. The van der Waals surface area contributed by atoms with E-state index in [4.69, 9.17) is 13.9 Å². The number of aryl methyl sites for hydroxylation is 1. The predicted octanol–water partition coefficient (Wildman–Crippen LogP) is 5.28. The molecule has 0 N–H and O–H groups in total. The summed E-state index contributed by atoms with van der Waals surface area (Å²) in [6.45, 7) is 6.73. The van der Waals surface area contributed by atoms with E-state index >= 15 is 0 Å². The highest BCUT2D eigenvalue weighted by atomic mass is 32.1. The quantitative estimate of drug-likeness (QED) is 0.319. The fraction of sp³-hybridized carbons (Fsp3) is 0.308. The summed E-state index contributed by atoms with van der Waals surface area (Å²) in [7, 11) is 0. The molecule has 2 aromatic carbocycles. The van der Waals surface area contributed by atoms with Gasteiger partial charge in [-0.2, -0.15) is 0 Å². The van der Waals surface area contributed by atoms with Gasteiger partial charge in [-0.05, 0) is 55.7 Å². The molecule has 0 spiro atoms. The Morgan fingerprint density at radius 1 is 1.06 bits per heavy atom. The first-order chi connectivity index (χ1) is 17.5. The number of halogens is 1. The molecule has 1 atom stereocenters. The van der Waals surface area contributed by atoms with E-state index in [-0.39, 0.29) is 22.3 Å². The average molecular weight is 510 g/mol. The van der Waals surface area contributed by atoms with Gasteiger partial charge in [0, 0.05) is 0 Å². The Hall–Kier alpha value is -3.79. The number of benzene rings is 2. The van der Waals surface area contributed by atoms with Gasteiger partial charge in [-0.25, -0.2) is 4.39 Å². The molecule has 3 heterocycles. The molecular weight excluding hydrogens is 485 g/mol. The number of rotatable bonds is 8. The van der Waals surface area contributed by atoms with E-state index in [0.717, 1.165) is 17.5 Å². The smallest absolute Gasteiger partial charge is 0.297 e. The van der Waals surface area contributed by atoms with Crippen LogP contribution in [0.3, 0.4) is 0 Å². The molecule has 4 aromatic rings. The van der Waals surface area contributed by atoms with Crippen LogP contribution in [0, 0.1) is 5.82 Å². The second-order valence-corrected chi connectivity index (χ2v) is 9.25. The lowest BCUT2D eigenvalue weighted by Gasteiger charge is -2.23. The van der Waals surface area contributed by atoms with Crippen LogP contribution in [0.15, 0.2) is 45.6 Å². The Bertz CT molecular complexity index is 1520. The van der Waals surface area contributed by atoms with Crippen LogP contribution in [0.4, 0.5) is 9.52 Å². The number of fused-ring (bicyclic) bond motifs is 2. The third-order valence-corrected chi connectivity index (χ3v) is 6.91. The van der Waals surface area contributed by atoms with Crippen molar-refractivity contribution in [2.24, 2.45) is 0 Å². The van der Waals surface area contributed by atoms with E-state index in [1.54, 1.807) is 18.2 Å². The molecule has 0 bridgehead atoms. The Morgan fingerprint density at radius 2 is 1.89 bits per heavy atom. The number of aromatic nitrogens is 2. The first-order valence-electron chi connectivity index (χ1n) is 11.8. The highest BCUT2D eigenvalue weighted by molar-refractivity contribution is 7.15. The zero-order valence-electron chi connectivity index (χ0n) is 20.0. The van der Waals surface area contributed by atoms with Crippen LogP contribution >= 0.6 is 11.3 Å². The number of ether oxygens (including phenoxy) is 2. The lowest BCUT2D eigenvalue weighted by atomic mass is 9.98. The van der Waals surface area contributed by atoms with Crippen molar-refractivity contribution in [2.45, 2.75) is 39.7 Å². The summed E-state index contributed by atoms with van der Waals surface area (Å²) in [6.07, 6.45) is 1.47. The van der Waals surface area contributed by atoms with Gasteiger partial charge in [-0.15, -0.1) is 10.2 Å². The maximum atomic E-state index is 14.0. The first kappa shape index (κ1) is 23.9. The summed E-state index contributed by atoms with van der Waals surface area (Å²) in [5, 5.41) is 9.53. The van der Waals surface area contributed by atoms with Crippen molar-refractivity contribution >= 4 is 33.3 Å². The molecule has 0 radical (unpaired) electrons. The zero-order chi connectivity index (χ0) is 25.4. The third-order valence-electron chi connectivity index (χ3n) is 5.84. The Labute approximate surface area is 210 Å². The van der Waals surface area contributed by atoms with E-state index in [1.165, 1.54) is 28.4 Å². The van der Waals surface area contributed by atoms with Crippen LogP contribution < -0.4 is 19.8 Å². The Kier molecular flexibility index (Phi) is 6.44. The van der Waals surface area contributed by atoms with Crippen LogP contribution in [0.1, 0.15) is 59.9 Å². The summed E-state index contributed by atoms with van der Waals surface area (Å²) in [5.74, 6) is -0.120. The van der Waals surface area contributed by atoms with Crippen LogP contribution in [0.25, 0.3) is 11.0 Å². The second-order valence-electron chi connectivity index (χ2n) is 8.21. The monoisotopic (exact) mass is 509 g/mol. The topological polar surface area (TPSA) is 94.8 Å². The first-order valence-corrected chi connectivity index (χ1v) is 12.6. The molecule has 10 heteroatoms. The highest BCUT2D eigenvalue weighted by Crippen LogP contribution is 2.44. The van der Waals surface area contributed by atoms with Gasteiger partial charge in [-0.3, -0.25) is 14.5 Å². The standard InChI is InChI=1S/C26H24FN3O5S/c1-4-11-34-18-9-7-14(12-19(18)33-6-3)22-21-23(31)16-13-15(27)8-10-17(16)35-24(21)25(32)30(22)26-29-28-20(5-2)36-26/h7-10,12-13,22H,4-6,11H2,1-3H3. The lowest BCUT2D eigenvalue weighted by molar-refractivity contribution is 0.0970. The molecule has 1 aliphatic heterocycles. The average Bonchev–Trinajstić information content (AvgIpc) is 3.46. The number of amides is 1. The molecule has 8 nitrogen and oxygen atoms in total. The summed E-state index contributed by atoms with van der Waals surface area (Å²) in [5.41, 5.74) is 0.386. The van der Waals surface area contributed by atoms with Gasteiger partial charge in [0.2, 0.25) is 10.9 Å². The molecule has 5 rings (SSSR count). The molecule has 0 saturated heterocycles. The normalized spacial score (nSPS) is 14.9. The van der Waals surface area contributed by atoms with Gasteiger partial charge in [0.15, 0.2) is 16.9 Å². The number of hydrogen-bond acceptors (Lipinski definition) is 8. The van der Waals surface area contributed by atoms with E-state index in [2.05, 4.69) is 10.2 Å². The third kappa shape index (κ3) is 4.01. The maximum Gasteiger partial charge on any atom is 0.297 e. The molecule has 0 aliphatic carbocycles. The van der Waals surface area contributed by atoms with Gasteiger partial charge < -0.3 is 13.9 Å². The van der Waals surface area contributed by atoms with Crippen molar-refractivity contribution in [1.82, 2.24) is 10.2 Å². The SMILES string of the molecule is CCCOc1ccc(C2c3c(oc4ccc(F)cc4c3=O)C(=O)N2c2nnc(CC)s2)cc1OCC. The van der Waals surface area contributed by atoms with Crippen LogP contribution in [-0.4, -0.2) is 29.3 Å². The molecule has 2 aromatic heterocycles. The number of carbonyl (C=O) groups is 1. The molecule has 186 valence electrons. The summed E-state index contributed by atoms with van der Waals surface area (Å²) >= 11 is 1.27. The molecule has 1 amide bonds. The van der Waals surface area contributed by atoms with Crippen molar-refractivity contribution in [3.05, 3.63) is 74.3 Å². The zero-order valence-corrected chi connectivity index (χ0v) is 20.9. The molecule has 0 fully saturated rings. The summed E-state index contributed by atoms with van der Waals surface area (Å²) in [4.78, 5) is 28.7. The minimum atomic E-state index is -0.867. The number of hydrogen-bond donors (Lipinski definition) is 0. The predicted molar refractivity (Wildman–Crippen MR) is 134 cm³/mol. The van der Waals surface area contributed by atoms with Crippen molar-refractivity contribution in [1.29, 1.82) is 0 Å². The number of nitrogens with zero attached hydrogens (tertiary/aromatic N) is 3. The fourth-order valence-corrected chi connectivity index (χ4v) is 5.04. The number of carbonyl (C=O) groups excluding carboxylic acids is 1. The van der Waals surface area contributed by atoms with Gasteiger partial charge in [-0.1, -0.05) is 31.3 Å². The van der Waals surface area contributed by atoms with Crippen molar-refractivity contribution in [3.8, 4) is 11.5 Å². The molecule has 36 heavy (non-hydrogen) atoms.